The average molecular weight is 401 g/mol. The van der Waals surface area contributed by atoms with Gasteiger partial charge in [0, 0.05) is 71.2 Å². The number of aryl methyl sites for hydroxylation is 1. The maximum Gasteiger partial charge on any atom is 0.225 e. The first-order valence-electron chi connectivity index (χ1n) is 10.4. The van der Waals surface area contributed by atoms with Crippen LogP contribution >= 0.6 is 0 Å². The molecule has 0 amide bonds. The molecule has 0 spiro atoms. The molecule has 1 aliphatic rings. The van der Waals surface area contributed by atoms with Gasteiger partial charge in [0.1, 0.15) is 12.2 Å². The summed E-state index contributed by atoms with van der Waals surface area (Å²) in [6, 6.07) is 1.85. The number of hydrogen-bond donors (Lipinski definition) is 2. The fraction of sp³-hybridized carbons (Fsp3) is 0.632. The summed E-state index contributed by atoms with van der Waals surface area (Å²) in [6.07, 6.45) is 6.26. The van der Waals surface area contributed by atoms with E-state index in [1.165, 1.54) is 0 Å². The maximum atomic E-state index is 4.72. The van der Waals surface area contributed by atoms with Crippen LogP contribution in [0, 0.1) is 0 Å². The van der Waals surface area contributed by atoms with E-state index in [9.17, 15) is 0 Å². The normalized spacial score (nSPS) is 15.5. The number of hydrogen-bond acceptors (Lipinski definition) is 7. The lowest BCUT2D eigenvalue weighted by Gasteiger charge is -2.34. The predicted octanol–water partition coefficient (Wildman–Crippen LogP) is 0.00780. The highest BCUT2D eigenvalue weighted by Crippen LogP contribution is 2.09. The van der Waals surface area contributed by atoms with Gasteiger partial charge in [-0.2, -0.15) is 0 Å². The van der Waals surface area contributed by atoms with Gasteiger partial charge in [-0.25, -0.2) is 9.97 Å². The zero-order chi connectivity index (χ0) is 20.3. The quantitative estimate of drug-likeness (QED) is 0.449. The molecule has 3 heterocycles. The molecule has 3 rings (SSSR count). The maximum absolute atomic E-state index is 4.72. The van der Waals surface area contributed by atoms with Gasteiger partial charge >= 0.3 is 0 Å². The highest BCUT2D eigenvalue weighted by molar-refractivity contribution is 5.79. The standard InChI is InChI=1S/C19H32N10/c1-3-17-26-25-16-29(17)11-9-22-18(20-4-2)21-8-10-27-12-14-28(15-13-27)19-23-6-5-7-24-19/h5-7,16H,3-4,8-15H2,1-2H3,(H2,20,21,22). The van der Waals surface area contributed by atoms with Crippen molar-refractivity contribution in [3.8, 4) is 0 Å². The molecular formula is C19H32N10. The molecule has 10 nitrogen and oxygen atoms in total. The fourth-order valence-corrected chi connectivity index (χ4v) is 3.31. The second-order valence-electron chi connectivity index (χ2n) is 6.86. The number of aromatic nitrogens is 5. The minimum Gasteiger partial charge on any atom is -0.357 e. The Balaban J connectivity index is 1.39. The van der Waals surface area contributed by atoms with Crippen molar-refractivity contribution in [1.82, 2.24) is 40.3 Å². The summed E-state index contributed by atoms with van der Waals surface area (Å²) >= 11 is 0. The smallest absolute Gasteiger partial charge is 0.225 e. The number of piperazine rings is 1. The van der Waals surface area contributed by atoms with Crippen LogP contribution in [0.25, 0.3) is 0 Å². The number of guanidine groups is 1. The topological polar surface area (TPSA) is 99.4 Å². The second-order valence-corrected chi connectivity index (χ2v) is 6.86. The molecule has 2 aromatic rings. The summed E-state index contributed by atoms with van der Waals surface area (Å²) in [4.78, 5) is 18.1. The molecular weight excluding hydrogens is 368 g/mol. The molecule has 0 aromatic carbocycles. The highest BCUT2D eigenvalue weighted by atomic mass is 15.3. The van der Waals surface area contributed by atoms with E-state index >= 15 is 0 Å². The van der Waals surface area contributed by atoms with Crippen molar-refractivity contribution in [2.75, 3.05) is 57.3 Å². The molecule has 0 aliphatic carbocycles. The van der Waals surface area contributed by atoms with Crippen molar-refractivity contribution >= 4 is 11.9 Å². The van der Waals surface area contributed by atoms with E-state index in [0.29, 0.717) is 0 Å². The van der Waals surface area contributed by atoms with Crippen LogP contribution in [0.4, 0.5) is 5.95 Å². The zero-order valence-corrected chi connectivity index (χ0v) is 17.5. The predicted molar refractivity (Wildman–Crippen MR) is 114 cm³/mol. The Morgan fingerprint density at radius 2 is 1.86 bits per heavy atom. The lowest BCUT2D eigenvalue weighted by atomic mass is 10.3. The summed E-state index contributed by atoms with van der Waals surface area (Å²) in [5, 5.41) is 14.8. The Morgan fingerprint density at radius 1 is 1.07 bits per heavy atom. The first kappa shape index (κ1) is 21.0. The number of rotatable bonds is 9. The third-order valence-corrected chi connectivity index (χ3v) is 4.89. The first-order valence-corrected chi connectivity index (χ1v) is 10.4. The summed E-state index contributed by atoms with van der Waals surface area (Å²) in [5.74, 6) is 2.69. The molecule has 1 saturated heterocycles. The lowest BCUT2D eigenvalue weighted by molar-refractivity contribution is 0.263. The van der Waals surface area contributed by atoms with E-state index in [1.54, 1.807) is 18.7 Å². The van der Waals surface area contributed by atoms with Crippen molar-refractivity contribution in [3.63, 3.8) is 0 Å². The van der Waals surface area contributed by atoms with Gasteiger partial charge in [0.25, 0.3) is 0 Å². The SMILES string of the molecule is CCNC(=NCCN1CCN(c2ncccn2)CC1)NCCn1cnnc1CC. The third-order valence-electron chi connectivity index (χ3n) is 4.89. The number of nitrogens with zero attached hydrogens (tertiary/aromatic N) is 8. The van der Waals surface area contributed by atoms with Crippen LogP contribution in [-0.4, -0.2) is 87.9 Å². The second kappa shape index (κ2) is 11.3. The molecule has 10 heteroatoms. The van der Waals surface area contributed by atoms with E-state index in [0.717, 1.165) is 83.1 Å². The number of nitrogens with one attached hydrogen (secondary N) is 2. The van der Waals surface area contributed by atoms with Crippen molar-refractivity contribution in [2.24, 2.45) is 4.99 Å². The molecule has 0 unspecified atom stereocenters. The molecule has 2 N–H and O–H groups in total. The van der Waals surface area contributed by atoms with Gasteiger partial charge in [0.2, 0.25) is 5.95 Å². The molecule has 0 radical (unpaired) electrons. The Bertz CT molecular complexity index is 736. The average Bonchev–Trinajstić information content (AvgIpc) is 3.22. The van der Waals surface area contributed by atoms with Gasteiger partial charge in [0.15, 0.2) is 5.96 Å². The highest BCUT2D eigenvalue weighted by Gasteiger charge is 2.18. The van der Waals surface area contributed by atoms with Crippen LogP contribution < -0.4 is 15.5 Å². The van der Waals surface area contributed by atoms with Gasteiger partial charge in [-0.05, 0) is 13.0 Å². The van der Waals surface area contributed by atoms with E-state index < -0.39 is 0 Å². The largest absolute Gasteiger partial charge is 0.357 e. The van der Waals surface area contributed by atoms with Crippen molar-refractivity contribution < 1.29 is 0 Å². The molecule has 0 bridgehead atoms. The van der Waals surface area contributed by atoms with Crippen LogP contribution in [0.1, 0.15) is 19.7 Å². The van der Waals surface area contributed by atoms with E-state index in [2.05, 4.69) is 59.0 Å². The third kappa shape index (κ3) is 6.38. The van der Waals surface area contributed by atoms with Crippen LogP contribution in [0.15, 0.2) is 29.8 Å². The molecule has 1 fully saturated rings. The van der Waals surface area contributed by atoms with Gasteiger partial charge in [0.05, 0.1) is 6.54 Å². The fourth-order valence-electron chi connectivity index (χ4n) is 3.31. The van der Waals surface area contributed by atoms with Crippen molar-refractivity contribution in [1.29, 1.82) is 0 Å². The van der Waals surface area contributed by atoms with Gasteiger partial charge in [-0.3, -0.25) is 9.89 Å². The minimum absolute atomic E-state index is 0.768. The number of anilines is 1. The van der Waals surface area contributed by atoms with Crippen LogP contribution in [0.2, 0.25) is 0 Å². The Morgan fingerprint density at radius 3 is 2.59 bits per heavy atom. The van der Waals surface area contributed by atoms with Gasteiger partial charge < -0.3 is 20.1 Å². The van der Waals surface area contributed by atoms with Gasteiger partial charge in [-0.1, -0.05) is 6.92 Å². The Kier molecular flexibility index (Phi) is 8.17. The molecule has 0 atom stereocenters. The molecule has 0 saturated carbocycles. The van der Waals surface area contributed by atoms with Gasteiger partial charge in [-0.15, -0.1) is 10.2 Å². The molecule has 29 heavy (non-hydrogen) atoms. The van der Waals surface area contributed by atoms with Crippen LogP contribution in [0.5, 0.6) is 0 Å². The summed E-state index contributed by atoms with van der Waals surface area (Å²) < 4.78 is 2.08. The zero-order valence-electron chi connectivity index (χ0n) is 17.5. The molecule has 158 valence electrons. The van der Waals surface area contributed by atoms with Crippen LogP contribution in [-0.2, 0) is 13.0 Å². The lowest BCUT2D eigenvalue weighted by Crippen LogP contribution is -2.48. The summed E-state index contributed by atoms with van der Waals surface area (Å²) in [7, 11) is 0. The molecule has 1 aliphatic heterocycles. The Hall–Kier alpha value is -2.75. The van der Waals surface area contributed by atoms with Crippen molar-refractivity contribution in [2.45, 2.75) is 26.8 Å². The van der Waals surface area contributed by atoms with E-state index in [4.69, 9.17) is 4.99 Å². The number of aliphatic imine (C=N–C) groups is 1. The van der Waals surface area contributed by atoms with E-state index in [-0.39, 0.29) is 0 Å². The minimum atomic E-state index is 0.768. The van der Waals surface area contributed by atoms with Crippen molar-refractivity contribution in [3.05, 3.63) is 30.6 Å². The molecule has 2 aromatic heterocycles. The van der Waals surface area contributed by atoms with E-state index in [1.807, 2.05) is 6.07 Å². The first-order chi connectivity index (χ1) is 14.3. The monoisotopic (exact) mass is 400 g/mol. The summed E-state index contributed by atoms with van der Waals surface area (Å²) in [5.41, 5.74) is 0. The summed E-state index contributed by atoms with van der Waals surface area (Å²) in [6.45, 7) is 12.2. The Labute approximate surface area is 172 Å². The van der Waals surface area contributed by atoms with Crippen LogP contribution in [0.3, 0.4) is 0 Å².